The van der Waals surface area contributed by atoms with E-state index in [0.29, 0.717) is 11.8 Å². The van der Waals surface area contributed by atoms with Crippen LogP contribution in [0.4, 0.5) is 31.8 Å². The molecule has 0 saturated carbocycles. The first-order valence-corrected chi connectivity index (χ1v) is 28.5. The van der Waals surface area contributed by atoms with E-state index in [2.05, 4.69) is 82.9 Å². The zero-order valence-corrected chi connectivity index (χ0v) is 47.4. The Hall–Kier alpha value is -9.49. The number of carbonyl (C=O) groups is 6. The molecule has 2 aliphatic heterocycles. The topological polar surface area (TPSA) is 588 Å². The molecular weight excluding hydrogens is 1200 g/mol. The van der Waals surface area contributed by atoms with Crippen molar-refractivity contribution in [3.63, 3.8) is 0 Å². The molecular formula is C45H58N20O20P2. The molecule has 1 aromatic carbocycles. The second-order valence-corrected chi connectivity index (χ2v) is 21.6. The minimum Gasteiger partial charge on any atom is -0.467 e. The van der Waals surface area contributed by atoms with Gasteiger partial charge >= 0.3 is 33.9 Å². The van der Waals surface area contributed by atoms with Crippen LogP contribution in [0.25, 0.3) is 32.8 Å². The maximum atomic E-state index is 13.6. The predicted octanol–water partition coefficient (Wildman–Crippen LogP) is -0.736. The van der Waals surface area contributed by atoms with Gasteiger partial charge in [-0.3, -0.25) is 47.2 Å². The lowest BCUT2D eigenvalue weighted by Crippen LogP contribution is -2.55. The van der Waals surface area contributed by atoms with Crippen molar-refractivity contribution >= 4 is 91.4 Å². The van der Waals surface area contributed by atoms with Gasteiger partial charge in [-0.1, -0.05) is 37.7 Å². The molecule has 42 heteroatoms. The molecule has 0 radical (unpaired) electrons. The third-order valence-electron chi connectivity index (χ3n) is 12.4. The summed E-state index contributed by atoms with van der Waals surface area (Å²) in [6.45, 7) is 4.88. The number of nitrogens with zero attached hydrogens (tertiary/aromatic N) is 10. The van der Waals surface area contributed by atoms with E-state index in [1.54, 1.807) is 13.8 Å². The van der Waals surface area contributed by atoms with Gasteiger partial charge in [0.15, 0.2) is 35.0 Å². The van der Waals surface area contributed by atoms with Crippen molar-refractivity contribution in [2.45, 2.75) is 82.3 Å². The van der Waals surface area contributed by atoms with Crippen LogP contribution in [0.15, 0.2) is 77.3 Å². The number of aliphatic hydroxyl groups excluding tert-OH is 1. The summed E-state index contributed by atoms with van der Waals surface area (Å²) in [5.74, 6) is -3.37. The number of phosphoric acid groups is 2. The number of aromatic nitrogens is 8. The lowest BCUT2D eigenvalue weighted by atomic mass is 10.00. The molecule has 1 unspecified atom stereocenters. The number of rotatable bonds is 27. The van der Waals surface area contributed by atoms with Gasteiger partial charge in [-0.15, -0.1) is 0 Å². The van der Waals surface area contributed by atoms with E-state index in [1.807, 2.05) is 0 Å². The first-order chi connectivity index (χ1) is 41.2. The number of aromatic amines is 1. The number of carbonyl (C=O) groups excluding carboxylic acids is 6. The summed E-state index contributed by atoms with van der Waals surface area (Å²) in [5, 5.41) is 29.5. The van der Waals surface area contributed by atoms with Crippen molar-refractivity contribution in [1.82, 2.24) is 65.6 Å². The Bertz CT molecular complexity index is 3630. The Labute approximate surface area is 488 Å². The molecule has 87 heavy (non-hydrogen) atoms. The van der Waals surface area contributed by atoms with Crippen LogP contribution in [0.5, 0.6) is 0 Å². The Balaban J connectivity index is 0.930. The summed E-state index contributed by atoms with van der Waals surface area (Å²) in [7, 11) is -10.6. The number of nitrogens with two attached hydrogens (primary N) is 3. The van der Waals surface area contributed by atoms with Crippen molar-refractivity contribution in [2.24, 2.45) is 16.8 Å². The Morgan fingerprint density at radius 2 is 1.63 bits per heavy atom. The maximum Gasteiger partial charge on any atom is 0.527 e. The molecule has 0 bridgehead atoms. The van der Waals surface area contributed by atoms with Crippen LogP contribution in [0.2, 0.25) is 0 Å². The van der Waals surface area contributed by atoms with Crippen molar-refractivity contribution in [3.8, 4) is 0 Å². The second-order valence-electron chi connectivity index (χ2n) is 19.0. The quantitative estimate of drug-likeness (QED) is 0.00586. The minimum absolute atomic E-state index is 0.00930. The van der Waals surface area contributed by atoms with Gasteiger partial charge in [0.25, 0.3) is 11.5 Å². The van der Waals surface area contributed by atoms with E-state index in [0.717, 1.165) is 23.5 Å². The molecule has 2 fully saturated rings. The number of nitrogen functional groups attached to an aromatic ring is 2. The van der Waals surface area contributed by atoms with Crippen LogP contribution in [-0.2, 0) is 62.6 Å². The second kappa shape index (κ2) is 28.6. The predicted molar refractivity (Wildman–Crippen MR) is 294 cm³/mol. The zero-order chi connectivity index (χ0) is 63.3. The van der Waals surface area contributed by atoms with E-state index in [1.165, 1.54) is 28.8 Å². The van der Waals surface area contributed by atoms with Crippen LogP contribution >= 0.6 is 15.6 Å². The van der Waals surface area contributed by atoms with Gasteiger partial charge in [0, 0.05) is 30.2 Å². The fourth-order valence-electron chi connectivity index (χ4n) is 8.40. The number of azide groups is 1. The van der Waals surface area contributed by atoms with Gasteiger partial charge in [-0.2, -0.15) is 4.98 Å². The highest BCUT2D eigenvalue weighted by Crippen LogP contribution is 2.50. The summed E-state index contributed by atoms with van der Waals surface area (Å²) >= 11 is 0. The highest BCUT2D eigenvalue weighted by molar-refractivity contribution is 7.47. The van der Waals surface area contributed by atoms with E-state index in [9.17, 15) is 62.5 Å². The van der Waals surface area contributed by atoms with E-state index < -0.39 is 132 Å². The number of phosphoric ester groups is 2. The Morgan fingerprint density at radius 3 is 2.31 bits per heavy atom. The van der Waals surface area contributed by atoms with Gasteiger partial charge < -0.3 is 87.5 Å². The molecule has 17 N–H and O–H groups in total. The summed E-state index contributed by atoms with van der Waals surface area (Å²) in [6, 6.07) is 2.62. The molecule has 7 rings (SSSR count). The normalized spacial score (nSPS) is 20.1. The van der Waals surface area contributed by atoms with Crippen molar-refractivity contribution in [2.75, 3.05) is 49.6 Å². The van der Waals surface area contributed by atoms with Crippen LogP contribution in [-0.4, -0.2) is 164 Å². The Morgan fingerprint density at radius 1 is 0.943 bits per heavy atom. The van der Waals surface area contributed by atoms with E-state index in [4.69, 9.17) is 50.7 Å². The number of anilines is 3. The number of H-pyrrole nitrogens is 1. The zero-order valence-electron chi connectivity index (χ0n) is 45.6. The third-order valence-corrected chi connectivity index (χ3v) is 13.8. The lowest BCUT2D eigenvalue weighted by Gasteiger charge is -2.26. The minimum atomic E-state index is -5.38. The monoisotopic (exact) mass is 1260 g/mol. The molecule has 6 heterocycles. The van der Waals surface area contributed by atoms with Crippen LogP contribution in [0, 0.1) is 5.92 Å². The summed E-state index contributed by atoms with van der Waals surface area (Å²) in [5.41, 5.74) is 25.3. The third kappa shape index (κ3) is 17.6. The first-order valence-electron chi connectivity index (χ1n) is 25.5. The van der Waals surface area contributed by atoms with Crippen LogP contribution < -0.4 is 54.7 Å². The van der Waals surface area contributed by atoms with Gasteiger partial charge in [0.2, 0.25) is 24.0 Å². The molecule has 0 spiro atoms. The number of urea groups is 1. The number of alkyl carbamates (subject to hydrolysis) is 2. The van der Waals surface area contributed by atoms with Crippen molar-refractivity contribution in [1.29, 1.82) is 0 Å². The van der Waals surface area contributed by atoms with E-state index in [-0.39, 0.29) is 83.8 Å². The maximum absolute atomic E-state index is 13.6. The van der Waals surface area contributed by atoms with Gasteiger partial charge in [0.1, 0.15) is 73.7 Å². The number of hydrogen-bond acceptors (Lipinski definition) is 25. The fourth-order valence-corrected chi connectivity index (χ4v) is 9.61. The highest BCUT2D eigenvalue weighted by atomic mass is 31.2. The molecule has 40 nitrogen and oxygen atoms in total. The largest absolute Gasteiger partial charge is 0.527 e. The molecule has 4 aromatic heterocycles. The van der Waals surface area contributed by atoms with Gasteiger partial charge in [-0.25, -0.2) is 43.4 Å². The fraction of sp³-hybridized carbons (Fsp3) is 0.422. The number of benzene rings is 1. The average molecular weight is 1260 g/mol. The number of nitrogens with one attached hydrogen (secondary N) is 7. The number of hydrogen-bond donors (Lipinski definition) is 14. The molecule has 7 amide bonds. The summed E-state index contributed by atoms with van der Waals surface area (Å²) in [6.07, 6.45) is -8.14. The summed E-state index contributed by atoms with van der Waals surface area (Å²) in [4.78, 5) is 144. The van der Waals surface area contributed by atoms with E-state index >= 15 is 0 Å². The standard InChI is InChI=1S/C45H58N20O20P2/c1-20(2)28(59-27(66)13-57-63-49)37(68)60-29(21(3)8-9-50-43(48)71)38(69)58-23-6-4-22(5-7-23)14-79-44(72)51-10-11-52-45(73)84-25-12-24(82-40(25)65-19-56-31-36(65)61-42(47)62-39(31)70)15-81-87(77,78)85-33-26(16-80-86(74,75)76)83-41(32(33)67)64-18-55-30-34(46)53-17-54-35(30)64/h4-7,15,17-20,25-26,28-29,32-33,40-41,67H,3,8-14,16H2,1-2H3,(H,51,72)(H,52,73)(H,58,69)(H,59,66)(H,60,68)(H,77,78)(H2,46,53,54)(H3,48,50,71)(H2,74,75,76)(H3,47,61,62,70)/b24-15+/t25-,26-,28+,29+,32-,33-,40-,41-/m1/s1. The molecule has 2 aliphatic rings. The van der Waals surface area contributed by atoms with Crippen LogP contribution in [0.1, 0.15) is 44.7 Å². The van der Waals surface area contributed by atoms with Crippen molar-refractivity contribution < 1.29 is 90.2 Å². The highest BCUT2D eigenvalue weighted by Gasteiger charge is 2.50. The number of ether oxygens (including phenoxy) is 4. The van der Waals surface area contributed by atoms with Gasteiger partial charge in [-0.05, 0) is 41.1 Å². The van der Waals surface area contributed by atoms with Gasteiger partial charge in [0.05, 0.1) is 19.4 Å². The molecule has 468 valence electrons. The first kappa shape index (κ1) is 65.1. The molecule has 2 saturated heterocycles. The number of imidazole rings is 2. The van der Waals surface area contributed by atoms with Crippen LogP contribution in [0.3, 0.4) is 0 Å². The molecule has 9 atom stereocenters. The number of primary amides is 1. The SMILES string of the molecule is C=C(CCNC(N)=O)[C@H](NC(=O)[C@@H](NC(=O)CN=[N+]=[N-])C(C)C)C(=O)Nc1ccc(COC(=O)NCCNC(=O)O[C@@H]2C/C(=C\OP(=O)(O)O[C@H]3[C@@H](O)[C@H](n4cnc5c(N)ncnc54)O[C@@H]3COP(=O)(O)O)O[C@H]2n2cnc3c(=O)[nH]c(N)nc32)cc1. The number of fused-ring (bicyclic) bond motifs is 2. The average Bonchev–Trinajstić information content (AvgIpc) is 2.04. The summed E-state index contributed by atoms with van der Waals surface area (Å²) < 4.78 is 65.1. The number of amides is 7. The van der Waals surface area contributed by atoms with Crippen molar-refractivity contribution in [3.05, 3.63) is 93.8 Å². The Kier molecular flexibility index (Phi) is 21.4. The molecule has 5 aromatic rings. The number of aliphatic hydroxyl groups is 1. The smallest absolute Gasteiger partial charge is 0.467 e. The molecule has 0 aliphatic carbocycles. The lowest BCUT2D eigenvalue weighted by molar-refractivity contribution is -0.131.